The van der Waals surface area contributed by atoms with Crippen LogP contribution in [-0.4, -0.2) is 77.2 Å². The molecular weight excluding hydrogens is 682 g/mol. The number of hydrogen-bond donors (Lipinski definition) is 2. The maximum atomic E-state index is 15.0. The molecule has 2 N–H and O–H groups in total. The summed E-state index contributed by atoms with van der Waals surface area (Å²) in [4.78, 5) is 59.8. The van der Waals surface area contributed by atoms with Crippen LogP contribution < -0.4 is 10.2 Å². The summed E-state index contributed by atoms with van der Waals surface area (Å²) in [6, 6.07) is 22.9. The van der Waals surface area contributed by atoms with Crippen molar-refractivity contribution in [2.75, 3.05) is 24.7 Å². The zero-order chi connectivity index (χ0) is 36.8. The molecule has 11 heteroatoms. The Balaban J connectivity index is 1.36. The zero-order valence-electron chi connectivity index (χ0n) is 28.9. The number of likely N-dealkylation sites (tertiary alicyclic amines) is 1. The first kappa shape index (κ1) is 37.0. The van der Waals surface area contributed by atoms with Gasteiger partial charge in [-0.05, 0) is 48.9 Å². The minimum absolute atomic E-state index is 0.0991. The molecule has 3 amide bonds. The summed E-state index contributed by atoms with van der Waals surface area (Å²) in [5.74, 6) is -3.67. The lowest BCUT2D eigenvalue weighted by molar-refractivity contribution is -0.146. The Morgan fingerprint density at radius 3 is 2.40 bits per heavy atom. The van der Waals surface area contributed by atoms with E-state index >= 15 is 4.79 Å². The van der Waals surface area contributed by atoms with Crippen molar-refractivity contribution in [1.29, 1.82) is 0 Å². The second-order valence-electron chi connectivity index (χ2n) is 13.5. The van der Waals surface area contributed by atoms with E-state index in [0.717, 1.165) is 11.1 Å². The van der Waals surface area contributed by atoms with Gasteiger partial charge in [-0.1, -0.05) is 96.5 Å². The fourth-order valence-electron chi connectivity index (χ4n) is 8.10. The number of carbonyl (C=O) groups excluding carboxylic acids is 4. The first-order valence-electron chi connectivity index (χ1n) is 17.7. The van der Waals surface area contributed by atoms with Gasteiger partial charge in [-0.3, -0.25) is 19.2 Å². The van der Waals surface area contributed by atoms with Crippen molar-refractivity contribution in [3.05, 3.63) is 126 Å². The lowest BCUT2D eigenvalue weighted by Gasteiger charge is -2.39. The summed E-state index contributed by atoms with van der Waals surface area (Å²) in [7, 11) is 0. The molecule has 0 unspecified atom stereocenters. The first-order chi connectivity index (χ1) is 25.2. The lowest BCUT2D eigenvalue weighted by Crippen LogP contribution is -2.59. The highest BCUT2D eigenvalue weighted by atomic mass is 35.5. The molecule has 0 aromatic heterocycles. The molecule has 1 spiro atoms. The molecule has 272 valence electrons. The SMILES string of the molecule is C=CCCC(=O)OC[C@H](NC(=O)[C@@H]1[C@H]2C(=O)N([C@@H](CO)Cc3ccccc3)[C@H](C(=O)N(CC=C)c3ccccc3Cl)[C@]23CC[C@H]1O3)c1ccccc1. The number of halogens is 1. The third-order valence-corrected chi connectivity index (χ3v) is 10.7. The number of esters is 1. The van der Waals surface area contributed by atoms with Crippen LogP contribution in [0.2, 0.25) is 5.02 Å². The van der Waals surface area contributed by atoms with Crippen molar-refractivity contribution in [2.24, 2.45) is 11.8 Å². The summed E-state index contributed by atoms with van der Waals surface area (Å²) < 4.78 is 12.3. The number of fused-ring (bicyclic) bond motifs is 1. The molecule has 0 saturated carbocycles. The summed E-state index contributed by atoms with van der Waals surface area (Å²) in [6.07, 6.45) is 4.29. The predicted octanol–water partition coefficient (Wildman–Crippen LogP) is 5.20. The third kappa shape index (κ3) is 7.15. The molecule has 3 heterocycles. The van der Waals surface area contributed by atoms with E-state index in [9.17, 15) is 19.5 Å². The molecule has 3 aromatic rings. The van der Waals surface area contributed by atoms with Gasteiger partial charge in [0.2, 0.25) is 11.8 Å². The highest BCUT2D eigenvalue weighted by molar-refractivity contribution is 6.34. The molecule has 0 aliphatic carbocycles. The van der Waals surface area contributed by atoms with Crippen LogP contribution in [0.15, 0.2) is 110 Å². The Morgan fingerprint density at radius 2 is 1.73 bits per heavy atom. The second-order valence-corrected chi connectivity index (χ2v) is 13.9. The molecule has 3 saturated heterocycles. The number of ether oxygens (including phenoxy) is 2. The second kappa shape index (κ2) is 16.3. The number of allylic oxidation sites excluding steroid dienone is 1. The first-order valence-corrected chi connectivity index (χ1v) is 18.0. The minimum atomic E-state index is -1.34. The van der Waals surface area contributed by atoms with Crippen LogP contribution in [0.1, 0.15) is 42.9 Å². The average molecular weight is 726 g/mol. The number of nitrogens with zero attached hydrogens (tertiary/aromatic N) is 2. The van der Waals surface area contributed by atoms with Crippen molar-refractivity contribution in [1.82, 2.24) is 10.2 Å². The number of para-hydroxylation sites is 1. The molecule has 3 aliphatic heterocycles. The number of carbonyl (C=O) groups is 4. The van der Waals surface area contributed by atoms with Gasteiger partial charge in [-0.15, -0.1) is 13.2 Å². The molecule has 2 bridgehead atoms. The Hall–Kier alpha value is -4.77. The van der Waals surface area contributed by atoms with Gasteiger partial charge < -0.3 is 29.7 Å². The third-order valence-electron chi connectivity index (χ3n) is 10.4. The standard InChI is InChI=1S/C41H44ClN3O7/c1-3-5-20-34(47)51-26-31(28-16-10-7-11-17-28)43-38(48)35-33-21-22-41(52-33)36(35)39(49)45(29(25-46)24-27-14-8-6-9-15-27)37(41)40(50)44(23-4-2)32-19-13-12-18-30(32)42/h3-4,6-19,29,31,33,35-37,46H,1-2,5,20-26H2,(H,43,48)/t29-,31+,33-,35+,36+,37-,41+/m1/s1. The Morgan fingerprint density at radius 1 is 1.04 bits per heavy atom. The normalized spacial score (nSPS) is 24.1. The van der Waals surface area contributed by atoms with Gasteiger partial charge in [0.05, 0.1) is 47.3 Å². The maximum Gasteiger partial charge on any atom is 0.306 e. The fourth-order valence-corrected chi connectivity index (χ4v) is 8.34. The van der Waals surface area contributed by atoms with E-state index in [0.29, 0.717) is 30.0 Å². The van der Waals surface area contributed by atoms with Crippen molar-refractivity contribution in [3.8, 4) is 0 Å². The quantitative estimate of drug-likeness (QED) is 0.154. The summed E-state index contributed by atoms with van der Waals surface area (Å²) >= 11 is 6.62. The van der Waals surface area contributed by atoms with Gasteiger partial charge in [0.1, 0.15) is 18.2 Å². The molecule has 3 fully saturated rings. The fraction of sp³-hybridized carbons (Fsp3) is 0.366. The Kier molecular flexibility index (Phi) is 11.6. The molecule has 0 radical (unpaired) electrons. The molecule has 3 aromatic carbocycles. The number of aliphatic hydroxyl groups is 1. The maximum absolute atomic E-state index is 15.0. The Bertz CT molecular complexity index is 1790. The monoisotopic (exact) mass is 725 g/mol. The average Bonchev–Trinajstić information content (AvgIpc) is 3.82. The van der Waals surface area contributed by atoms with Crippen LogP contribution in [0, 0.1) is 11.8 Å². The van der Waals surface area contributed by atoms with E-state index < -0.39 is 72.0 Å². The number of amides is 3. The van der Waals surface area contributed by atoms with Crippen LogP contribution in [0.4, 0.5) is 5.69 Å². The smallest absolute Gasteiger partial charge is 0.306 e. The van der Waals surface area contributed by atoms with E-state index in [-0.39, 0.29) is 26.0 Å². The van der Waals surface area contributed by atoms with Crippen molar-refractivity contribution in [2.45, 2.75) is 61.9 Å². The topological polar surface area (TPSA) is 125 Å². The van der Waals surface area contributed by atoms with E-state index in [1.807, 2.05) is 60.7 Å². The van der Waals surface area contributed by atoms with Gasteiger partial charge in [0.15, 0.2) is 0 Å². The molecular formula is C41H44ClN3O7. The van der Waals surface area contributed by atoms with Crippen molar-refractivity contribution < 1.29 is 33.8 Å². The number of aliphatic hydroxyl groups excluding tert-OH is 1. The van der Waals surface area contributed by atoms with Crippen LogP contribution in [0.25, 0.3) is 0 Å². The van der Waals surface area contributed by atoms with Gasteiger partial charge >= 0.3 is 5.97 Å². The van der Waals surface area contributed by atoms with Crippen LogP contribution in [-0.2, 0) is 35.1 Å². The van der Waals surface area contributed by atoms with Crippen molar-refractivity contribution >= 4 is 41.0 Å². The largest absolute Gasteiger partial charge is 0.463 e. The van der Waals surface area contributed by atoms with Crippen molar-refractivity contribution in [3.63, 3.8) is 0 Å². The number of benzene rings is 3. The lowest BCUT2D eigenvalue weighted by atomic mass is 9.70. The summed E-state index contributed by atoms with van der Waals surface area (Å²) in [5.41, 5.74) is 0.698. The van der Waals surface area contributed by atoms with Gasteiger partial charge in [-0.25, -0.2) is 0 Å². The Labute approximate surface area is 309 Å². The van der Waals surface area contributed by atoms with Gasteiger partial charge in [0, 0.05) is 13.0 Å². The number of anilines is 1. The molecule has 52 heavy (non-hydrogen) atoms. The number of hydrogen-bond acceptors (Lipinski definition) is 7. The molecule has 10 nitrogen and oxygen atoms in total. The van der Waals surface area contributed by atoms with Gasteiger partial charge in [0.25, 0.3) is 5.91 Å². The highest BCUT2D eigenvalue weighted by Gasteiger charge is 2.75. The summed E-state index contributed by atoms with van der Waals surface area (Å²) in [6.45, 7) is 7.08. The molecule has 7 atom stereocenters. The van der Waals surface area contributed by atoms with E-state index in [1.54, 1.807) is 36.4 Å². The summed E-state index contributed by atoms with van der Waals surface area (Å²) in [5, 5.41) is 14.3. The number of nitrogens with one attached hydrogen (secondary N) is 1. The van der Waals surface area contributed by atoms with Crippen LogP contribution in [0.3, 0.4) is 0 Å². The minimum Gasteiger partial charge on any atom is -0.463 e. The molecule has 6 rings (SSSR count). The highest BCUT2D eigenvalue weighted by Crippen LogP contribution is 2.59. The van der Waals surface area contributed by atoms with E-state index in [4.69, 9.17) is 21.1 Å². The van der Waals surface area contributed by atoms with E-state index in [2.05, 4.69) is 18.5 Å². The number of rotatable bonds is 16. The van der Waals surface area contributed by atoms with Gasteiger partial charge in [-0.2, -0.15) is 0 Å². The van der Waals surface area contributed by atoms with Crippen LogP contribution >= 0.6 is 11.6 Å². The van der Waals surface area contributed by atoms with Crippen LogP contribution in [0.5, 0.6) is 0 Å². The molecule has 3 aliphatic rings. The van der Waals surface area contributed by atoms with E-state index in [1.165, 1.54) is 9.80 Å². The zero-order valence-corrected chi connectivity index (χ0v) is 29.7. The predicted molar refractivity (Wildman–Crippen MR) is 197 cm³/mol.